The fourth-order valence-electron chi connectivity index (χ4n) is 3.18. The molecule has 0 aliphatic heterocycles. The Hall–Kier alpha value is -2.16. The van der Waals surface area contributed by atoms with Crippen LogP contribution in [0.3, 0.4) is 0 Å². The molecule has 0 amide bonds. The number of hydrogen-bond acceptors (Lipinski definition) is 5. The van der Waals surface area contributed by atoms with Crippen LogP contribution in [-0.2, 0) is 15.6 Å². The van der Waals surface area contributed by atoms with E-state index < -0.39 is 15.6 Å². The van der Waals surface area contributed by atoms with E-state index in [9.17, 15) is 13.5 Å². The molecule has 0 radical (unpaired) electrons. The van der Waals surface area contributed by atoms with Gasteiger partial charge in [-0.15, -0.1) is 0 Å². The van der Waals surface area contributed by atoms with Crippen molar-refractivity contribution in [3.8, 4) is 0 Å². The zero-order valence-electron chi connectivity index (χ0n) is 16.1. The SMILES string of the molecule is Cc1nn(C(C)C)c(C)c1S(=O)(=O)NCC(C)(O)c1cc2ccccc2o1. The summed E-state index contributed by atoms with van der Waals surface area (Å²) >= 11 is 0. The molecule has 1 unspecified atom stereocenters. The van der Waals surface area contributed by atoms with Crippen molar-refractivity contribution in [1.82, 2.24) is 14.5 Å². The summed E-state index contributed by atoms with van der Waals surface area (Å²) in [4.78, 5) is 0.150. The van der Waals surface area contributed by atoms with Crippen molar-refractivity contribution in [2.45, 2.75) is 51.2 Å². The zero-order chi connectivity index (χ0) is 20.0. The number of furan rings is 1. The lowest BCUT2D eigenvalue weighted by atomic mass is 10.0. The van der Waals surface area contributed by atoms with Gasteiger partial charge in [0.25, 0.3) is 0 Å². The lowest BCUT2D eigenvalue weighted by Gasteiger charge is -2.21. The summed E-state index contributed by atoms with van der Waals surface area (Å²) in [5.74, 6) is 0.303. The molecule has 0 bridgehead atoms. The summed E-state index contributed by atoms with van der Waals surface area (Å²) in [7, 11) is -3.84. The van der Waals surface area contributed by atoms with Crippen molar-refractivity contribution in [3.05, 3.63) is 47.5 Å². The fraction of sp³-hybridized carbons (Fsp3) is 0.421. The first-order valence-electron chi connectivity index (χ1n) is 8.80. The molecule has 0 aliphatic carbocycles. The standard InChI is InChI=1S/C19H25N3O4S/c1-12(2)22-14(4)18(13(3)21-22)27(24,25)20-11-19(5,23)17-10-15-8-6-7-9-16(15)26-17/h6-10,12,20,23H,11H2,1-5H3. The van der Waals surface area contributed by atoms with Crippen LogP contribution in [0.25, 0.3) is 11.0 Å². The molecule has 27 heavy (non-hydrogen) atoms. The maximum absolute atomic E-state index is 12.9. The number of rotatable bonds is 6. The zero-order valence-corrected chi connectivity index (χ0v) is 17.0. The minimum Gasteiger partial charge on any atom is -0.458 e. The molecule has 3 aromatic rings. The Balaban J connectivity index is 1.86. The first-order chi connectivity index (χ1) is 12.5. The number of para-hydroxylation sites is 1. The van der Waals surface area contributed by atoms with Gasteiger partial charge in [-0.05, 0) is 46.8 Å². The average molecular weight is 391 g/mol. The maximum atomic E-state index is 12.9. The van der Waals surface area contributed by atoms with E-state index in [2.05, 4.69) is 9.82 Å². The largest absolute Gasteiger partial charge is 0.458 e. The number of fused-ring (bicyclic) bond motifs is 1. The first kappa shape index (κ1) is 19.6. The van der Waals surface area contributed by atoms with E-state index >= 15 is 0 Å². The topological polar surface area (TPSA) is 97.4 Å². The second-order valence-corrected chi connectivity index (χ2v) is 8.99. The minimum atomic E-state index is -3.84. The summed E-state index contributed by atoms with van der Waals surface area (Å²) in [5, 5.41) is 16.0. The Morgan fingerprint density at radius 1 is 1.30 bits per heavy atom. The first-order valence-corrected chi connectivity index (χ1v) is 10.3. The molecule has 7 nitrogen and oxygen atoms in total. The third kappa shape index (κ3) is 3.65. The van der Waals surface area contributed by atoms with Crippen LogP contribution >= 0.6 is 0 Å². The van der Waals surface area contributed by atoms with E-state index in [1.807, 2.05) is 32.0 Å². The van der Waals surface area contributed by atoms with Gasteiger partial charge in [0.1, 0.15) is 21.8 Å². The van der Waals surface area contributed by atoms with Crippen molar-refractivity contribution in [3.63, 3.8) is 0 Å². The van der Waals surface area contributed by atoms with Crippen molar-refractivity contribution in [1.29, 1.82) is 0 Å². The molecule has 0 aliphatic rings. The summed E-state index contributed by atoms with van der Waals surface area (Å²) < 4.78 is 35.6. The second kappa shape index (κ2) is 6.78. The van der Waals surface area contributed by atoms with Gasteiger partial charge >= 0.3 is 0 Å². The molecule has 0 saturated heterocycles. The number of benzene rings is 1. The number of sulfonamides is 1. The number of nitrogens with one attached hydrogen (secondary N) is 1. The van der Waals surface area contributed by atoms with Crippen molar-refractivity contribution < 1.29 is 17.9 Å². The lowest BCUT2D eigenvalue weighted by Crippen LogP contribution is -2.38. The highest BCUT2D eigenvalue weighted by molar-refractivity contribution is 7.89. The summed E-state index contributed by atoms with van der Waals surface area (Å²) in [6.45, 7) is 8.57. The highest BCUT2D eigenvalue weighted by atomic mass is 32.2. The van der Waals surface area contributed by atoms with Gasteiger partial charge in [-0.3, -0.25) is 4.68 Å². The Morgan fingerprint density at radius 2 is 1.96 bits per heavy atom. The van der Waals surface area contributed by atoms with E-state index in [0.717, 1.165) is 5.39 Å². The maximum Gasteiger partial charge on any atom is 0.244 e. The summed E-state index contributed by atoms with van der Waals surface area (Å²) in [6, 6.07) is 9.15. The van der Waals surface area contributed by atoms with Gasteiger partial charge in [0, 0.05) is 18.0 Å². The van der Waals surface area contributed by atoms with Crippen LogP contribution in [0.4, 0.5) is 0 Å². The van der Waals surface area contributed by atoms with Crippen LogP contribution in [0, 0.1) is 13.8 Å². The number of hydrogen-bond donors (Lipinski definition) is 2. The molecule has 1 aromatic carbocycles. The summed E-state index contributed by atoms with van der Waals surface area (Å²) in [5.41, 5.74) is 0.137. The molecule has 2 aromatic heterocycles. The Morgan fingerprint density at radius 3 is 2.56 bits per heavy atom. The fourth-order valence-corrected chi connectivity index (χ4v) is 4.71. The Bertz CT molecular complexity index is 1040. The second-order valence-electron chi connectivity index (χ2n) is 7.29. The van der Waals surface area contributed by atoms with Crippen LogP contribution in [0.1, 0.15) is 44.0 Å². The Kier molecular flexibility index (Phi) is 4.92. The van der Waals surface area contributed by atoms with Crippen LogP contribution in [0.15, 0.2) is 39.6 Å². The van der Waals surface area contributed by atoms with Crippen molar-refractivity contribution >= 4 is 21.0 Å². The van der Waals surface area contributed by atoms with Gasteiger partial charge in [0.2, 0.25) is 10.0 Å². The molecular weight excluding hydrogens is 366 g/mol. The van der Waals surface area contributed by atoms with Gasteiger partial charge in [-0.2, -0.15) is 5.10 Å². The molecule has 2 heterocycles. The lowest BCUT2D eigenvalue weighted by molar-refractivity contribution is 0.0411. The predicted octanol–water partition coefficient (Wildman–Crippen LogP) is 3.01. The van der Waals surface area contributed by atoms with Gasteiger partial charge in [-0.1, -0.05) is 18.2 Å². The van der Waals surface area contributed by atoms with Crippen molar-refractivity contribution in [2.75, 3.05) is 6.54 Å². The Labute approximate surface area is 159 Å². The van der Waals surface area contributed by atoms with E-state index in [-0.39, 0.29) is 17.5 Å². The van der Waals surface area contributed by atoms with Gasteiger partial charge in [0.05, 0.1) is 11.4 Å². The molecular formula is C19H25N3O4S. The monoisotopic (exact) mass is 391 g/mol. The molecule has 3 rings (SSSR count). The number of aliphatic hydroxyl groups is 1. The third-order valence-corrected chi connectivity index (χ3v) is 6.23. The normalized spacial score (nSPS) is 14.8. The number of aromatic nitrogens is 2. The van der Waals surface area contributed by atoms with E-state index in [1.165, 1.54) is 6.92 Å². The quantitative estimate of drug-likeness (QED) is 0.673. The minimum absolute atomic E-state index is 0.0475. The molecule has 0 fully saturated rings. The molecule has 8 heteroatoms. The predicted molar refractivity (Wildman–Crippen MR) is 103 cm³/mol. The third-order valence-electron chi connectivity index (χ3n) is 4.58. The number of aryl methyl sites for hydroxylation is 1. The van der Waals surface area contributed by atoms with Crippen LogP contribution < -0.4 is 4.72 Å². The van der Waals surface area contributed by atoms with Crippen LogP contribution in [-0.4, -0.2) is 29.8 Å². The highest BCUT2D eigenvalue weighted by Crippen LogP contribution is 2.28. The van der Waals surface area contributed by atoms with E-state index in [4.69, 9.17) is 4.42 Å². The average Bonchev–Trinajstić information content (AvgIpc) is 3.15. The molecule has 2 N–H and O–H groups in total. The highest BCUT2D eigenvalue weighted by Gasteiger charge is 2.32. The molecule has 146 valence electrons. The molecule has 0 saturated carbocycles. The molecule has 0 spiro atoms. The smallest absolute Gasteiger partial charge is 0.244 e. The van der Waals surface area contributed by atoms with Crippen molar-refractivity contribution in [2.24, 2.45) is 0 Å². The van der Waals surface area contributed by atoms with Crippen LogP contribution in [0.2, 0.25) is 0 Å². The van der Waals surface area contributed by atoms with Crippen LogP contribution in [0.5, 0.6) is 0 Å². The van der Waals surface area contributed by atoms with Gasteiger partial charge in [0.15, 0.2) is 0 Å². The van der Waals surface area contributed by atoms with Gasteiger partial charge in [-0.25, -0.2) is 13.1 Å². The van der Waals surface area contributed by atoms with E-state index in [1.54, 1.807) is 30.7 Å². The van der Waals surface area contributed by atoms with Gasteiger partial charge < -0.3 is 9.52 Å². The summed E-state index contributed by atoms with van der Waals surface area (Å²) in [6.07, 6.45) is 0. The van der Waals surface area contributed by atoms with E-state index in [0.29, 0.717) is 22.7 Å². The molecule has 1 atom stereocenters. The number of nitrogens with zero attached hydrogens (tertiary/aromatic N) is 2.